The van der Waals surface area contributed by atoms with Crippen LogP contribution in [0.15, 0.2) is 18.2 Å². The van der Waals surface area contributed by atoms with E-state index in [1.807, 2.05) is 0 Å². The molecular formula is C13H19NO. The van der Waals surface area contributed by atoms with E-state index in [0.717, 1.165) is 25.3 Å². The molecule has 1 aromatic carbocycles. The zero-order valence-corrected chi connectivity index (χ0v) is 9.79. The van der Waals surface area contributed by atoms with E-state index in [4.69, 9.17) is 4.74 Å². The van der Waals surface area contributed by atoms with E-state index in [1.165, 1.54) is 11.3 Å². The van der Waals surface area contributed by atoms with Crippen LogP contribution < -0.4 is 9.64 Å². The van der Waals surface area contributed by atoms with Crippen molar-refractivity contribution in [2.75, 3.05) is 25.1 Å². The number of hydrogen-bond acceptors (Lipinski definition) is 2. The minimum Gasteiger partial charge on any atom is -0.490 e. The molecule has 0 N–H and O–H groups in total. The Morgan fingerprint density at radius 3 is 2.93 bits per heavy atom. The second-order valence-electron chi connectivity index (χ2n) is 4.67. The van der Waals surface area contributed by atoms with E-state index in [2.05, 4.69) is 44.0 Å². The Hall–Kier alpha value is -1.18. The van der Waals surface area contributed by atoms with Crippen molar-refractivity contribution in [1.29, 1.82) is 0 Å². The first-order valence-electron chi connectivity index (χ1n) is 5.63. The highest BCUT2D eigenvalue weighted by Gasteiger charge is 2.14. The highest BCUT2D eigenvalue weighted by molar-refractivity contribution is 5.60. The number of rotatable bonds is 2. The number of hydrogen-bond donors (Lipinski definition) is 0. The largest absolute Gasteiger partial charge is 0.490 e. The van der Waals surface area contributed by atoms with Crippen LogP contribution in [0.3, 0.4) is 0 Å². The molecule has 0 aromatic heterocycles. The zero-order valence-electron chi connectivity index (χ0n) is 9.79. The van der Waals surface area contributed by atoms with Crippen LogP contribution >= 0.6 is 0 Å². The summed E-state index contributed by atoms with van der Waals surface area (Å²) in [5, 5.41) is 0. The van der Waals surface area contributed by atoms with Crippen molar-refractivity contribution in [3.63, 3.8) is 0 Å². The molecule has 2 nitrogen and oxygen atoms in total. The Morgan fingerprint density at radius 2 is 2.20 bits per heavy atom. The van der Waals surface area contributed by atoms with Gasteiger partial charge < -0.3 is 9.64 Å². The Balaban J connectivity index is 2.25. The number of likely N-dealkylation sites (N-methyl/N-ethyl adjacent to an activating group) is 1. The van der Waals surface area contributed by atoms with Crippen molar-refractivity contribution in [1.82, 2.24) is 0 Å². The van der Waals surface area contributed by atoms with Gasteiger partial charge in [-0.25, -0.2) is 0 Å². The molecule has 1 aliphatic rings. The van der Waals surface area contributed by atoms with Gasteiger partial charge in [-0.2, -0.15) is 0 Å². The fourth-order valence-corrected chi connectivity index (χ4v) is 2.00. The van der Waals surface area contributed by atoms with Crippen molar-refractivity contribution in [2.45, 2.75) is 20.3 Å². The number of nitrogens with zero attached hydrogens (tertiary/aromatic N) is 1. The molecular weight excluding hydrogens is 186 g/mol. The lowest BCUT2D eigenvalue weighted by Crippen LogP contribution is -2.28. The molecule has 1 heterocycles. The van der Waals surface area contributed by atoms with E-state index in [-0.39, 0.29) is 0 Å². The molecule has 82 valence electrons. The molecule has 1 aliphatic heterocycles. The molecule has 0 fully saturated rings. The second-order valence-corrected chi connectivity index (χ2v) is 4.67. The third-order valence-corrected chi connectivity index (χ3v) is 2.76. The molecule has 0 radical (unpaired) electrons. The Labute approximate surface area is 91.9 Å². The summed E-state index contributed by atoms with van der Waals surface area (Å²) < 4.78 is 5.67. The summed E-state index contributed by atoms with van der Waals surface area (Å²) in [4.78, 5) is 2.25. The van der Waals surface area contributed by atoms with Crippen LogP contribution in [0.5, 0.6) is 5.75 Å². The van der Waals surface area contributed by atoms with Gasteiger partial charge in [0.15, 0.2) is 0 Å². The Kier molecular flexibility index (Phi) is 2.85. The van der Waals surface area contributed by atoms with Crippen molar-refractivity contribution in [2.24, 2.45) is 5.92 Å². The molecule has 1 aromatic rings. The third kappa shape index (κ3) is 2.25. The fourth-order valence-electron chi connectivity index (χ4n) is 2.00. The minimum atomic E-state index is 0.698. The highest BCUT2D eigenvalue weighted by atomic mass is 16.5. The summed E-state index contributed by atoms with van der Waals surface area (Å²) >= 11 is 0. The van der Waals surface area contributed by atoms with E-state index < -0.39 is 0 Å². The maximum atomic E-state index is 5.67. The molecule has 0 saturated heterocycles. The third-order valence-electron chi connectivity index (χ3n) is 2.76. The van der Waals surface area contributed by atoms with Crippen LogP contribution in [0.1, 0.15) is 19.4 Å². The Morgan fingerprint density at radius 1 is 1.40 bits per heavy atom. The topological polar surface area (TPSA) is 12.5 Å². The lowest BCUT2D eigenvalue weighted by Gasteiger charge is -2.28. The van der Waals surface area contributed by atoms with E-state index in [9.17, 15) is 0 Å². The number of ether oxygens (including phenoxy) is 1. The van der Waals surface area contributed by atoms with Gasteiger partial charge in [0.2, 0.25) is 0 Å². The quantitative estimate of drug-likeness (QED) is 0.736. The molecule has 0 saturated carbocycles. The van der Waals surface area contributed by atoms with Crippen LogP contribution in [0.25, 0.3) is 0 Å². The number of anilines is 1. The molecule has 0 aliphatic carbocycles. The average molecular weight is 205 g/mol. The maximum Gasteiger partial charge on any atom is 0.142 e. The van der Waals surface area contributed by atoms with Gasteiger partial charge in [0, 0.05) is 7.05 Å². The van der Waals surface area contributed by atoms with E-state index in [0.29, 0.717) is 5.92 Å². The molecule has 2 rings (SSSR count). The molecule has 0 amide bonds. The van der Waals surface area contributed by atoms with Crippen LogP contribution in [0.4, 0.5) is 5.69 Å². The predicted octanol–water partition coefficient (Wildman–Crippen LogP) is 2.71. The van der Waals surface area contributed by atoms with E-state index >= 15 is 0 Å². The maximum absolute atomic E-state index is 5.67. The van der Waals surface area contributed by atoms with Gasteiger partial charge in [-0.15, -0.1) is 0 Å². The normalized spacial score (nSPS) is 15.1. The van der Waals surface area contributed by atoms with Gasteiger partial charge >= 0.3 is 0 Å². The summed E-state index contributed by atoms with van der Waals surface area (Å²) in [7, 11) is 2.11. The first kappa shape index (κ1) is 10.3. The van der Waals surface area contributed by atoms with Gasteiger partial charge in [-0.05, 0) is 30.0 Å². The van der Waals surface area contributed by atoms with Crippen LogP contribution in [0.2, 0.25) is 0 Å². The molecule has 0 spiro atoms. The van der Waals surface area contributed by atoms with Crippen molar-refractivity contribution < 1.29 is 4.74 Å². The SMILES string of the molecule is CC(C)Cc1ccc2c(c1)OCCN2C. The summed E-state index contributed by atoms with van der Waals surface area (Å²) in [6.07, 6.45) is 1.13. The van der Waals surface area contributed by atoms with Crippen LogP contribution in [-0.4, -0.2) is 20.2 Å². The molecule has 0 unspecified atom stereocenters. The highest BCUT2D eigenvalue weighted by Crippen LogP contribution is 2.31. The van der Waals surface area contributed by atoms with Gasteiger partial charge in [0.25, 0.3) is 0 Å². The van der Waals surface area contributed by atoms with Gasteiger partial charge in [-0.1, -0.05) is 19.9 Å². The summed E-state index contributed by atoms with van der Waals surface area (Å²) in [6.45, 7) is 6.27. The molecule has 0 bridgehead atoms. The van der Waals surface area contributed by atoms with Gasteiger partial charge in [-0.3, -0.25) is 0 Å². The lowest BCUT2D eigenvalue weighted by atomic mass is 10.0. The smallest absolute Gasteiger partial charge is 0.142 e. The molecule has 2 heteroatoms. The lowest BCUT2D eigenvalue weighted by molar-refractivity contribution is 0.311. The van der Waals surface area contributed by atoms with Crippen LogP contribution in [-0.2, 0) is 6.42 Å². The predicted molar refractivity (Wildman–Crippen MR) is 63.7 cm³/mol. The minimum absolute atomic E-state index is 0.698. The van der Waals surface area contributed by atoms with Crippen molar-refractivity contribution in [3.05, 3.63) is 23.8 Å². The van der Waals surface area contributed by atoms with Gasteiger partial charge in [0.1, 0.15) is 12.4 Å². The summed E-state index contributed by atoms with van der Waals surface area (Å²) in [5.74, 6) is 1.74. The molecule has 15 heavy (non-hydrogen) atoms. The second kappa shape index (κ2) is 4.13. The first-order chi connectivity index (χ1) is 7.16. The van der Waals surface area contributed by atoms with Crippen LogP contribution in [0, 0.1) is 5.92 Å². The van der Waals surface area contributed by atoms with E-state index in [1.54, 1.807) is 0 Å². The first-order valence-corrected chi connectivity index (χ1v) is 5.63. The standard InChI is InChI=1S/C13H19NO/c1-10(2)8-11-4-5-12-13(9-11)15-7-6-14(12)3/h4-5,9-10H,6-8H2,1-3H3. The number of fused-ring (bicyclic) bond motifs is 1. The summed E-state index contributed by atoms with van der Waals surface area (Å²) in [6, 6.07) is 6.57. The molecule has 0 atom stereocenters. The number of benzene rings is 1. The Bertz CT molecular complexity index is 346. The van der Waals surface area contributed by atoms with Crippen molar-refractivity contribution >= 4 is 5.69 Å². The monoisotopic (exact) mass is 205 g/mol. The zero-order chi connectivity index (χ0) is 10.8. The fraction of sp³-hybridized carbons (Fsp3) is 0.538. The van der Waals surface area contributed by atoms with Gasteiger partial charge in [0.05, 0.1) is 12.2 Å². The van der Waals surface area contributed by atoms with Crippen molar-refractivity contribution in [3.8, 4) is 5.75 Å². The summed E-state index contributed by atoms with van der Waals surface area (Å²) in [5.41, 5.74) is 2.59. The average Bonchev–Trinajstić information content (AvgIpc) is 2.17.